The molecule has 27 heavy (non-hydrogen) atoms. The number of hydrogen-bond donors (Lipinski definition) is 1. The van der Waals surface area contributed by atoms with E-state index >= 15 is 0 Å². The van der Waals surface area contributed by atoms with E-state index in [2.05, 4.69) is 15.0 Å². The van der Waals surface area contributed by atoms with Crippen molar-refractivity contribution in [3.63, 3.8) is 0 Å². The van der Waals surface area contributed by atoms with Crippen LogP contribution in [0, 0.1) is 6.92 Å². The van der Waals surface area contributed by atoms with Gasteiger partial charge in [-0.05, 0) is 19.1 Å². The number of amides is 1. The number of nitrogens with zero attached hydrogens (tertiary/aromatic N) is 2. The zero-order valence-corrected chi connectivity index (χ0v) is 16.4. The smallest absolute Gasteiger partial charge is 0.357 e. The number of methoxy groups -OCH3 is 3. The maximum absolute atomic E-state index is 12.7. The Morgan fingerprint density at radius 2 is 1.78 bits per heavy atom. The summed E-state index contributed by atoms with van der Waals surface area (Å²) in [6.45, 7) is 1.74. The molecule has 0 saturated heterocycles. The van der Waals surface area contributed by atoms with Gasteiger partial charge in [0.1, 0.15) is 5.69 Å². The first kappa shape index (κ1) is 18.7. The third kappa shape index (κ3) is 3.33. The molecule has 0 atom stereocenters. The predicted octanol–water partition coefficient (Wildman–Crippen LogP) is 3.00. The number of aromatic nitrogens is 2. The van der Waals surface area contributed by atoms with Crippen LogP contribution in [0.5, 0.6) is 11.5 Å². The van der Waals surface area contributed by atoms with Crippen LogP contribution >= 0.6 is 11.3 Å². The predicted molar refractivity (Wildman–Crippen MR) is 102 cm³/mol. The number of hydrogen-bond acceptors (Lipinski definition) is 7. The van der Waals surface area contributed by atoms with Crippen LogP contribution < -0.4 is 14.8 Å². The number of anilines is 1. The van der Waals surface area contributed by atoms with Crippen molar-refractivity contribution in [2.24, 2.45) is 7.05 Å². The maximum Gasteiger partial charge on any atom is 0.357 e. The van der Waals surface area contributed by atoms with Gasteiger partial charge in [-0.3, -0.25) is 10.1 Å². The monoisotopic (exact) mass is 389 g/mol. The van der Waals surface area contributed by atoms with Crippen LogP contribution in [0.2, 0.25) is 0 Å². The van der Waals surface area contributed by atoms with Crippen LogP contribution in [0.1, 0.15) is 25.9 Å². The third-order valence-electron chi connectivity index (χ3n) is 4.18. The molecule has 3 aromatic rings. The fourth-order valence-electron chi connectivity index (χ4n) is 2.78. The Morgan fingerprint density at radius 3 is 2.41 bits per heavy atom. The van der Waals surface area contributed by atoms with Crippen LogP contribution in [0.4, 0.5) is 5.13 Å². The molecule has 1 amide bonds. The molecule has 2 aromatic heterocycles. The molecule has 0 spiro atoms. The molecular weight excluding hydrogens is 370 g/mol. The normalized spacial score (nSPS) is 10.7. The SMILES string of the molecule is COC(=O)c1nc(NC(=O)c2cc3cc(OC)c(OC)cc3n2C)sc1C. The molecule has 1 aromatic carbocycles. The number of aryl methyl sites for hydroxylation is 2. The first-order valence-corrected chi connectivity index (χ1v) is 8.79. The third-order valence-corrected chi connectivity index (χ3v) is 5.06. The van der Waals surface area contributed by atoms with E-state index in [1.807, 2.05) is 12.1 Å². The summed E-state index contributed by atoms with van der Waals surface area (Å²) < 4.78 is 17.1. The summed E-state index contributed by atoms with van der Waals surface area (Å²) in [5.74, 6) is 0.294. The molecule has 0 aliphatic rings. The first-order valence-electron chi connectivity index (χ1n) is 7.98. The number of benzene rings is 1. The lowest BCUT2D eigenvalue weighted by Gasteiger charge is -2.08. The van der Waals surface area contributed by atoms with E-state index in [-0.39, 0.29) is 11.6 Å². The molecular formula is C18H19N3O5S. The largest absolute Gasteiger partial charge is 0.493 e. The standard InChI is InChI=1S/C18H19N3O5S/c1-9-15(17(23)26-5)19-18(27-9)20-16(22)12-6-10-7-13(24-3)14(25-4)8-11(10)21(12)2/h6-8H,1-5H3,(H,19,20,22). The molecule has 9 heteroatoms. The van der Waals surface area contributed by atoms with Crippen LogP contribution in [-0.2, 0) is 11.8 Å². The summed E-state index contributed by atoms with van der Waals surface area (Å²) in [4.78, 5) is 29.2. The van der Waals surface area contributed by atoms with Gasteiger partial charge < -0.3 is 18.8 Å². The number of ether oxygens (including phenoxy) is 3. The molecule has 142 valence electrons. The number of nitrogens with one attached hydrogen (secondary N) is 1. The van der Waals surface area contributed by atoms with Gasteiger partial charge in [0.05, 0.1) is 26.8 Å². The summed E-state index contributed by atoms with van der Waals surface area (Å²) in [5, 5.41) is 3.91. The van der Waals surface area contributed by atoms with E-state index in [9.17, 15) is 9.59 Å². The van der Waals surface area contributed by atoms with Gasteiger partial charge in [0.15, 0.2) is 22.3 Å². The van der Waals surface area contributed by atoms with Gasteiger partial charge in [0, 0.05) is 23.4 Å². The topological polar surface area (TPSA) is 91.7 Å². The minimum Gasteiger partial charge on any atom is -0.493 e. The van der Waals surface area contributed by atoms with E-state index in [0.717, 1.165) is 10.9 Å². The van der Waals surface area contributed by atoms with Crippen LogP contribution in [0.15, 0.2) is 18.2 Å². The molecule has 3 rings (SSSR count). The van der Waals surface area contributed by atoms with E-state index in [4.69, 9.17) is 9.47 Å². The first-order chi connectivity index (χ1) is 12.9. The molecule has 2 heterocycles. The average molecular weight is 389 g/mol. The van der Waals surface area contributed by atoms with Gasteiger partial charge >= 0.3 is 5.97 Å². The molecule has 0 unspecified atom stereocenters. The van der Waals surface area contributed by atoms with E-state index in [1.54, 1.807) is 38.8 Å². The Bertz CT molecular complexity index is 1040. The van der Waals surface area contributed by atoms with Crippen molar-refractivity contribution in [1.82, 2.24) is 9.55 Å². The summed E-state index contributed by atoms with van der Waals surface area (Å²) in [7, 11) is 6.20. The molecule has 0 saturated carbocycles. The fraction of sp³-hybridized carbons (Fsp3) is 0.278. The van der Waals surface area contributed by atoms with Crippen molar-refractivity contribution >= 4 is 39.2 Å². The molecule has 0 aliphatic carbocycles. The van der Waals surface area contributed by atoms with E-state index in [1.165, 1.54) is 18.4 Å². The number of esters is 1. The second kappa shape index (κ2) is 7.28. The number of thiazole rings is 1. The van der Waals surface area contributed by atoms with Crippen molar-refractivity contribution in [3.05, 3.63) is 34.5 Å². The van der Waals surface area contributed by atoms with Crippen LogP contribution in [-0.4, -0.2) is 42.8 Å². The highest BCUT2D eigenvalue weighted by atomic mass is 32.1. The Hall–Kier alpha value is -3.07. The summed E-state index contributed by atoms with van der Waals surface area (Å²) in [5.41, 5.74) is 1.46. The lowest BCUT2D eigenvalue weighted by Crippen LogP contribution is -2.15. The van der Waals surface area contributed by atoms with Gasteiger partial charge in [-0.2, -0.15) is 0 Å². The van der Waals surface area contributed by atoms with Gasteiger partial charge in [0.2, 0.25) is 0 Å². The lowest BCUT2D eigenvalue weighted by molar-refractivity contribution is 0.0594. The minimum absolute atomic E-state index is 0.198. The Labute approximate surface area is 159 Å². The van der Waals surface area contributed by atoms with Gasteiger partial charge in [-0.1, -0.05) is 0 Å². The number of carbonyl (C=O) groups excluding carboxylic acids is 2. The summed E-state index contributed by atoms with van der Waals surface area (Å²) in [6.07, 6.45) is 0. The van der Waals surface area contributed by atoms with Crippen molar-refractivity contribution in [3.8, 4) is 11.5 Å². The van der Waals surface area contributed by atoms with Crippen molar-refractivity contribution in [2.45, 2.75) is 6.92 Å². The molecule has 0 radical (unpaired) electrons. The van der Waals surface area contributed by atoms with Crippen LogP contribution in [0.3, 0.4) is 0 Å². The highest BCUT2D eigenvalue weighted by molar-refractivity contribution is 7.16. The Morgan fingerprint density at radius 1 is 1.11 bits per heavy atom. The summed E-state index contributed by atoms with van der Waals surface area (Å²) in [6, 6.07) is 5.38. The maximum atomic E-state index is 12.7. The fourth-order valence-corrected chi connectivity index (χ4v) is 3.58. The average Bonchev–Trinajstić information content (AvgIpc) is 3.19. The molecule has 0 bridgehead atoms. The number of rotatable bonds is 5. The highest BCUT2D eigenvalue weighted by Crippen LogP contribution is 2.33. The van der Waals surface area contributed by atoms with Crippen molar-refractivity contribution < 1.29 is 23.8 Å². The van der Waals surface area contributed by atoms with Gasteiger partial charge in [0.25, 0.3) is 5.91 Å². The van der Waals surface area contributed by atoms with E-state index < -0.39 is 5.97 Å². The zero-order valence-electron chi connectivity index (χ0n) is 15.6. The number of fused-ring (bicyclic) bond motifs is 1. The lowest BCUT2D eigenvalue weighted by atomic mass is 10.2. The van der Waals surface area contributed by atoms with Gasteiger partial charge in [-0.15, -0.1) is 11.3 Å². The molecule has 1 N–H and O–H groups in total. The Kier molecular flexibility index (Phi) is 5.04. The molecule has 0 fully saturated rings. The van der Waals surface area contributed by atoms with Gasteiger partial charge in [-0.25, -0.2) is 9.78 Å². The minimum atomic E-state index is -0.534. The second-order valence-corrected chi connectivity index (χ2v) is 6.93. The second-order valence-electron chi connectivity index (χ2n) is 5.72. The van der Waals surface area contributed by atoms with Crippen molar-refractivity contribution in [1.29, 1.82) is 0 Å². The van der Waals surface area contributed by atoms with Crippen LogP contribution in [0.25, 0.3) is 10.9 Å². The molecule has 8 nitrogen and oxygen atoms in total. The highest BCUT2D eigenvalue weighted by Gasteiger charge is 2.20. The Balaban J connectivity index is 1.94. The summed E-state index contributed by atoms with van der Waals surface area (Å²) >= 11 is 1.21. The molecule has 0 aliphatic heterocycles. The zero-order chi connectivity index (χ0) is 19.7. The van der Waals surface area contributed by atoms with Crippen molar-refractivity contribution in [2.75, 3.05) is 26.6 Å². The number of carbonyl (C=O) groups is 2. The quantitative estimate of drug-likeness (QED) is 0.675. The van der Waals surface area contributed by atoms with E-state index in [0.29, 0.717) is 27.2 Å².